The minimum atomic E-state index is 0.00591. The fourth-order valence-corrected chi connectivity index (χ4v) is 8.57. The van der Waals surface area contributed by atoms with Gasteiger partial charge >= 0.3 is 0 Å². The number of nitrogens with zero attached hydrogens (tertiary/aromatic N) is 2. The Balaban J connectivity index is 1.04. The van der Waals surface area contributed by atoms with Gasteiger partial charge in [0, 0.05) is 50.0 Å². The third-order valence-corrected chi connectivity index (χ3v) is 11.1. The van der Waals surface area contributed by atoms with E-state index in [4.69, 9.17) is 9.41 Å². The van der Waals surface area contributed by atoms with Gasteiger partial charge in [-0.25, -0.2) is 4.99 Å². The summed E-state index contributed by atoms with van der Waals surface area (Å²) in [5.41, 5.74) is 14.3. The van der Waals surface area contributed by atoms with Crippen LogP contribution in [0.15, 0.2) is 191 Å². The Morgan fingerprint density at radius 3 is 2.30 bits per heavy atom. The number of aromatic nitrogens is 1. The molecule has 0 amide bonds. The van der Waals surface area contributed by atoms with Gasteiger partial charge in [0.2, 0.25) is 0 Å². The quantitative estimate of drug-likeness (QED) is 0.195. The zero-order valence-corrected chi connectivity index (χ0v) is 29.5. The number of furan rings is 1. The molecule has 1 N–H and O–H groups in total. The Labute approximate surface area is 313 Å². The molecule has 4 heteroatoms. The van der Waals surface area contributed by atoms with E-state index >= 15 is 0 Å². The fourth-order valence-electron chi connectivity index (χ4n) is 8.57. The van der Waals surface area contributed by atoms with Crippen LogP contribution in [0.5, 0.6) is 0 Å². The van der Waals surface area contributed by atoms with E-state index in [1.807, 2.05) is 0 Å². The van der Waals surface area contributed by atoms with Crippen molar-refractivity contribution in [2.75, 3.05) is 0 Å². The summed E-state index contributed by atoms with van der Waals surface area (Å²) in [5, 5.41) is 8.42. The largest absolute Gasteiger partial charge is 0.456 e. The van der Waals surface area contributed by atoms with Gasteiger partial charge in [0.1, 0.15) is 17.0 Å². The molecule has 11 rings (SSSR count). The molecule has 1 aliphatic heterocycles. The van der Waals surface area contributed by atoms with Crippen molar-refractivity contribution in [2.45, 2.75) is 18.9 Å². The Hall–Kier alpha value is -6.91. The normalized spacial score (nSPS) is 16.6. The van der Waals surface area contributed by atoms with Gasteiger partial charge in [0.15, 0.2) is 0 Å². The van der Waals surface area contributed by atoms with Crippen LogP contribution >= 0.6 is 0 Å². The highest BCUT2D eigenvalue weighted by atomic mass is 16.3. The number of hydrogen-bond donors (Lipinski definition) is 1. The van der Waals surface area contributed by atoms with Crippen molar-refractivity contribution in [2.24, 2.45) is 4.99 Å². The zero-order valence-electron chi connectivity index (χ0n) is 29.5. The molecule has 3 aliphatic rings. The van der Waals surface area contributed by atoms with Crippen LogP contribution in [0.25, 0.3) is 71.8 Å². The van der Waals surface area contributed by atoms with Crippen molar-refractivity contribution in [1.82, 2.24) is 9.88 Å². The van der Waals surface area contributed by atoms with Crippen LogP contribution in [-0.2, 0) is 0 Å². The Morgan fingerprint density at radius 2 is 1.41 bits per heavy atom. The smallest absolute Gasteiger partial charge is 0.137 e. The maximum atomic E-state index is 6.69. The number of fused-ring (bicyclic) bond motifs is 7. The lowest BCUT2D eigenvalue weighted by atomic mass is 9.93. The molecule has 2 aliphatic carbocycles. The van der Waals surface area contributed by atoms with Crippen LogP contribution in [0.3, 0.4) is 0 Å². The summed E-state index contributed by atoms with van der Waals surface area (Å²) < 4.78 is 9.07. The molecule has 3 heterocycles. The molecule has 2 aromatic heterocycles. The van der Waals surface area contributed by atoms with E-state index < -0.39 is 0 Å². The summed E-state index contributed by atoms with van der Waals surface area (Å²) in [6.45, 7) is 0. The highest BCUT2D eigenvalue weighted by Crippen LogP contribution is 2.40. The Bertz CT molecular complexity index is 3000. The summed E-state index contributed by atoms with van der Waals surface area (Å²) in [4.78, 5) is 5.36. The number of nitrogens with one attached hydrogen (secondary N) is 1. The van der Waals surface area contributed by atoms with Crippen LogP contribution < -0.4 is 5.32 Å². The molecule has 0 fully saturated rings. The predicted octanol–water partition coefficient (Wildman–Crippen LogP) is 12.3. The van der Waals surface area contributed by atoms with Crippen molar-refractivity contribution in [3.63, 3.8) is 0 Å². The highest BCUT2D eigenvalue weighted by Gasteiger charge is 2.26. The molecule has 8 aromatic rings. The number of hydrogen-bond acceptors (Lipinski definition) is 3. The highest BCUT2D eigenvalue weighted by molar-refractivity contribution is 6.20. The maximum absolute atomic E-state index is 6.69. The van der Waals surface area contributed by atoms with E-state index in [1.165, 1.54) is 44.1 Å². The van der Waals surface area contributed by atoms with Crippen LogP contribution in [0.2, 0.25) is 0 Å². The standard InChI is InChI=1S/C50H35N3O/c1-3-13-32(14-4-1)33-25-27-35(28-26-33)49-38-17-7-9-21-42(38)51-50(52-49)41-20-12-24-45-48(41)40-30-29-36(31-46(40)54-45)53-43-22-10-8-18-39(43)47-37(19-11-23-44(47)53)34-15-5-2-6-16-34/h1,3-5,7-31,42H,2,6H2,(H,51,52). The maximum Gasteiger partial charge on any atom is 0.137 e. The Kier molecular flexibility index (Phi) is 7.02. The summed E-state index contributed by atoms with van der Waals surface area (Å²) in [7, 11) is 0. The second-order valence-corrected chi connectivity index (χ2v) is 14.2. The molecule has 4 nitrogen and oxygen atoms in total. The fraction of sp³-hybridized carbons (Fsp3) is 0.0600. The topological polar surface area (TPSA) is 42.5 Å². The number of aliphatic imine (C=N–C) groups is 1. The number of benzene rings is 6. The van der Waals surface area contributed by atoms with E-state index in [9.17, 15) is 0 Å². The van der Waals surface area contributed by atoms with Gasteiger partial charge in [0.25, 0.3) is 0 Å². The first-order valence-corrected chi connectivity index (χ1v) is 18.7. The van der Waals surface area contributed by atoms with Gasteiger partial charge in [-0.3, -0.25) is 0 Å². The molecule has 256 valence electrons. The summed E-state index contributed by atoms with van der Waals surface area (Å²) in [6.07, 6.45) is 17.7. The van der Waals surface area contributed by atoms with E-state index in [0.29, 0.717) is 0 Å². The molecule has 0 saturated carbocycles. The number of rotatable bonds is 5. The van der Waals surface area contributed by atoms with Crippen molar-refractivity contribution >= 4 is 60.9 Å². The lowest BCUT2D eigenvalue weighted by Gasteiger charge is -2.28. The lowest BCUT2D eigenvalue weighted by molar-refractivity contribution is 0.668. The van der Waals surface area contributed by atoms with E-state index in [2.05, 4.69) is 186 Å². The predicted molar refractivity (Wildman–Crippen MR) is 225 cm³/mol. The van der Waals surface area contributed by atoms with Crippen molar-refractivity contribution in [3.05, 3.63) is 198 Å². The summed E-state index contributed by atoms with van der Waals surface area (Å²) in [6, 6.07) is 47.6. The molecule has 0 radical (unpaired) electrons. The van der Waals surface area contributed by atoms with Gasteiger partial charge in [-0.2, -0.15) is 0 Å². The van der Waals surface area contributed by atoms with Crippen LogP contribution in [0, 0.1) is 0 Å². The van der Waals surface area contributed by atoms with Crippen molar-refractivity contribution in [3.8, 4) is 16.8 Å². The first-order chi connectivity index (χ1) is 26.8. The van der Waals surface area contributed by atoms with Gasteiger partial charge in [-0.15, -0.1) is 0 Å². The van der Waals surface area contributed by atoms with Crippen LogP contribution in [0.4, 0.5) is 0 Å². The average molecular weight is 694 g/mol. The van der Waals surface area contributed by atoms with E-state index in [-0.39, 0.29) is 6.04 Å². The molecule has 1 atom stereocenters. The minimum Gasteiger partial charge on any atom is -0.456 e. The molecule has 0 saturated heterocycles. The van der Waals surface area contributed by atoms with Crippen molar-refractivity contribution < 1.29 is 4.42 Å². The molecule has 54 heavy (non-hydrogen) atoms. The second-order valence-electron chi connectivity index (χ2n) is 14.2. The monoisotopic (exact) mass is 693 g/mol. The van der Waals surface area contributed by atoms with Crippen molar-refractivity contribution in [1.29, 1.82) is 0 Å². The summed E-state index contributed by atoms with van der Waals surface area (Å²) in [5.74, 6) is 0.837. The third kappa shape index (κ3) is 4.87. The molecule has 0 bridgehead atoms. The number of para-hydroxylation sites is 1. The van der Waals surface area contributed by atoms with E-state index in [1.54, 1.807) is 0 Å². The third-order valence-electron chi connectivity index (χ3n) is 11.1. The average Bonchev–Trinajstić information content (AvgIpc) is 3.79. The Morgan fingerprint density at radius 1 is 0.611 bits per heavy atom. The van der Waals surface area contributed by atoms with Gasteiger partial charge in [0.05, 0.1) is 22.8 Å². The lowest BCUT2D eigenvalue weighted by Crippen LogP contribution is -2.39. The SMILES string of the molecule is C1=CC2=C(c3ccc(-c4ccccc4)cc3)N=C(c3cccc4oc5cc(-n6c7ccccc7c7c(C8=CCCC=C8)cccc76)ccc5c34)NC2C=C1. The molecule has 0 spiro atoms. The molecule has 1 unspecified atom stereocenters. The first-order valence-electron chi connectivity index (χ1n) is 18.7. The molecular formula is C50H35N3O. The van der Waals surface area contributed by atoms with Crippen LogP contribution in [-0.4, -0.2) is 16.4 Å². The summed E-state index contributed by atoms with van der Waals surface area (Å²) >= 11 is 0. The number of amidine groups is 1. The minimum absolute atomic E-state index is 0.00591. The zero-order chi connectivity index (χ0) is 35.6. The molecular weight excluding hydrogens is 659 g/mol. The van der Waals surface area contributed by atoms with Gasteiger partial charge in [-0.05, 0) is 65.4 Å². The molecule has 6 aromatic carbocycles. The van der Waals surface area contributed by atoms with Gasteiger partial charge < -0.3 is 14.3 Å². The number of allylic oxidation sites excluding steroid dienone is 6. The van der Waals surface area contributed by atoms with Gasteiger partial charge in [-0.1, -0.05) is 140 Å². The second kappa shape index (κ2) is 12.4. The van der Waals surface area contributed by atoms with Crippen LogP contribution in [0.1, 0.15) is 29.5 Å². The first kappa shape index (κ1) is 30.7. The van der Waals surface area contributed by atoms with E-state index in [0.717, 1.165) is 68.7 Å².